The van der Waals surface area contributed by atoms with E-state index in [1.165, 1.54) is 4.90 Å². The smallest absolute Gasteiger partial charge is 0.382 e. The van der Waals surface area contributed by atoms with Crippen LogP contribution in [-0.2, 0) is 14.4 Å². The molecule has 12 heavy (non-hydrogen) atoms. The van der Waals surface area contributed by atoms with Crippen LogP contribution in [0.5, 0.6) is 0 Å². The van der Waals surface area contributed by atoms with E-state index in [2.05, 4.69) is 0 Å². The average Bonchev–Trinajstić information content (AvgIpc) is 2.53. The Kier molecular flexibility index (Phi) is 2.42. The standard InChI is InChI=1S/C7H9NO4/c9-5(7(11)12)6(10)8-3-1-2-4-8/h1-4H2,(H,11,12). The lowest BCUT2D eigenvalue weighted by Crippen LogP contribution is -2.37. The molecule has 1 aliphatic heterocycles. The Morgan fingerprint density at radius 3 is 2.00 bits per heavy atom. The Morgan fingerprint density at radius 1 is 1.08 bits per heavy atom. The highest BCUT2D eigenvalue weighted by atomic mass is 16.4. The average molecular weight is 171 g/mol. The fraction of sp³-hybridized carbons (Fsp3) is 0.571. The van der Waals surface area contributed by atoms with Crippen molar-refractivity contribution in [2.24, 2.45) is 0 Å². The Morgan fingerprint density at radius 2 is 1.58 bits per heavy atom. The first-order chi connectivity index (χ1) is 5.63. The van der Waals surface area contributed by atoms with Crippen molar-refractivity contribution in [1.82, 2.24) is 4.90 Å². The zero-order chi connectivity index (χ0) is 9.14. The van der Waals surface area contributed by atoms with Gasteiger partial charge in [0.15, 0.2) is 0 Å². The van der Waals surface area contributed by atoms with Gasteiger partial charge in [0.05, 0.1) is 0 Å². The number of aliphatic carboxylic acids is 1. The van der Waals surface area contributed by atoms with Gasteiger partial charge in [-0.2, -0.15) is 0 Å². The molecule has 0 bridgehead atoms. The number of likely N-dealkylation sites (tertiary alicyclic amines) is 1. The van der Waals surface area contributed by atoms with Gasteiger partial charge in [-0.05, 0) is 12.8 Å². The molecule has 1 fully saturated rings. The topological polar surface area (TPSA) is 74.7 Å². The molecule has 5 nitrogen and oxygen atoms in total. The normalized spacial score (nSPS) is 16.2. The summed E-state index contributed by atoms with van der Waals surface area (Å²) in [4.78, 5) is 33.0. The van der Waals surface area contributed by atoms with Crippen LogP contribution < -0.4 is 0 Å². The molecule has 1 rings (SSSR count). The molecule has 1 aliphatic rings. The Bertz CT molecular complexity index is 230. The molecular weight excluding hydrogens is 162 g/mol. The molecule has 0 radical (unpaired) electrons. The van der Waals surface area contributed by atoms with E-state index in [0.717, 1.165) is 12.8 Å². The van der Waals surface area contributed by atoms with Gasteiger partial charge in [0.25, 0.3) is 0 Å². The summed E-state index contributed by atoms with van der Waals surface area (Å²) in [6, 6.07) is 0. The molecule has 0 unspecified atom stereocenters. The zero-order valence-corrected chi connectivity index (χ0v) is 6.45. The highest BCUT2D eigenvalue weighted by Crippen LogP contribution is 2.07. The zero-order valence-electron chi connectivity index (χ0n) is 6.45. The van der Waals surface area contributed by atoms with Gasteiger partial charge in [-0.1, -0.05) is 0 Å². The number of ketones is 1. The minimum atomic E-state index is -1.67. The maximum atomic E-state index is 11.0. The third-order valence-electron chi connectivity index (χ3n) is 1.78. The number of amides is 1. The molecular formula is C7H9NO4. The molecule has 0 aromatic carbocycles. The molecule has 0 spiro atoms. The van der Waals surface area contributed by atoms with E-state index in [0.29, 0.717) is 13.1 Å². The van der Waals surface area contributed by atoms with Gasteiger partial charge in [0.2, 0.25) is 0 Å². The van der Waals surface area contributed by atoms with Crippen molar-refractivity contribution in [3.8, 4) is 0 Å². The predicted octanol–water partition coefficient (Wildman–Crippen LogP) is -0.738. The summed E-state index contributed by atoms with van der Waals surface area (Å²) in [6.07, 6.45) is 1.69. The lowest BCUT2D eigenvalue weighted by molar-refractivity contribution is -0.156. The van der Waals surface area contributed by atoms with Gasteiger partial charge in [-0.15, -0.1) is 0 Å². The van der Waals surface area contributed by atoms with Crippen LogP contribution in [0.1, 0.15) is 12.8 Å². The van der Waals surface area contributed by atoms with Gasteiger partial charge in [-0.25, -0.2) is 4.79 Å². The van der Waals surface area contributed by atoms with E-state index in [1.54, 1.807) is 0 Å². The molecule has 0 aromatic heterocycles. The highest BCUT2D eigenvalue weighted by molar-refractivity contribution is 6.61. The molecule has 1 amide bonds. The van der Waals surface area contributed by atoms with Crippen LogP contribution in [0, 0.1) is 0 Å². The number of carboxylic acid groups (broad SMARTS) is 1. The van der Waals surface area contributed by atoms with Gasteiger partial charge in [-0.3, -0.25) is 9.59 Å². The molecule has 0 atom stereocenters. The first-order valence-corrected chi connectivity index (χ1v) is 3.69. The van der Waals surface area contributed by atoms with Crippen molar-refractivity contribution >= 4 is 17.7 Å². The Balaban J connectivity index is 2.57. The summed E-state index contributed by atoms with van der Waals surface area (Å²) in [5.41, 5.74) is 0. The predicted molar refractivity (Wildman–Crippen MR) is 38.5 cm³/mol. The Hall–Kier alpha value is -1.39. The summed E-state index contributed by atoms with van der Waals surface area (Å²) < 4.78 is 0. The lowest BCUT2D eigenvalue weighted by atomic mass is 10.3. The molecule has 1 heterocycles. The molecule has 0 aliphatic carbocycles. The minimum absolute atomic E-state index is 0.498. The fourth-order valence-corrected chi connectivity index (χ4v) is 1.16. The van der Waals surface area contributed by atoms with Gasteiger partial charge in [0.1, 0.15) is 0 Å². The molecule has 66 valence electrons. The first kappa shape index (κ1) is 8.70. The van der Waals surface area contributed by atoms with Crippen LogP contribution >= 0.6 is 0 Å². The summed E-state index contributed by atoms with van der Waals surface area (Å²) >= 11 is 0. The first-order valence-electron chi connectivity index (χ1n) is 3.69. The van der Waals surface area contributed by atoms with Crippen LogP contribution in [0.25, 0.3) is 0 Å². The van der Waals surface area contributed by atoms with E-state index >= 15 is 0 Å². The van der Waals surface area contributed by atoms with Crippen LogP contribution in [0.2, 0.25) is 0 Å². The second-order valence-electron chi connectivity index (χ2n) is 2.63. The van der Waals surface area contributed by atoms with Crippen LogP contribution in [0.3, 0.4) is 0 Å². The van der Waals surface area contributed by atoms with Gasteiger partial charge in [0, 0.05) is 13.1 Å². The number of nitrogens with zero attached hydrogens (tertiary/aromatic N) is 1. The lowest BCUT2D eigenvalue weighted by Gasteiger charge is -2.11. The summed E-state index contributed by atoms with van der Waals surface area (Å²) in [6.45, 7) is 0.996. The van der Waals surface area contributed by atoms with E-state index in [1.807, 2.05) is 0 Å². The molecule has 1 N–H and O–H groups in total. The van der Waals surface area contributed by atoms with Crippen LogP contribution in [-0.4, -0.2) is 40.8 Å². The highest BCUT2D eigenvalue weighted by Gasteiger charge is 2.28. The SMILES string of the molecule is O=C(O)C(=O)C(=O)N1CCCC1. The van der Waals surface area contributed by atoms with Crippen molar-refractivity contribution < 1.29 is 19.5 Å². The number of carboxylic acids is 1. The number of rotatable bonds is 2. The van der Waals surface area contributed by atoms with E-state index in [-0.39, 0.29) is 0 Å². The second-order valence-corrected chi connectivity index (χ2v) is 2.63. The van der Waals surface area contributed by atoms with Crippen molar-refractivity contribution in [2.75, 3.05) is 13.1 Å². The number of hydrogen-bond donors (Lipinski definition) is 1. The van der Waals surface area contributed by atoms with Crippen LogP contribution in [0.4, 0.5) is 0 Å². The van der Waals surface area contributed by atoms with E-state index in [9.17, 15) is 14.4 Å². The minimum Gasteiger partial charge on any atom is -0.475 e. The maximum Gasteiger partial charge on any atom is 0.382 e. The quantitative estimate of drug-likeness (QED) is 0.438. The molecule has 0 aromatic rings. The van der Waals surface area contributed by atoms with Crippen LogP contribution in [0.15, 0.2) is 0 Å². The van der Waals surface area contributed by atoms with E-state index in [4.69, 9.17) is 5.11 Å². The third kappa shape index (κ3) is 1.61. The van der Waals surface area contributed by atoms with Gasteiger partial charge < -0.3 is 10.0 Å². The summed E-state index contributed by atoms with van der Waals surface area (Å²) in [5, 5.41) is 8.22. The molecule has 1 saturated heterocycles. The van der Waals surface area contributed by atoms with Crippen molar-refractivity contribution in [2.45, 2.75) is 12.8 Å². The van der Waals surface area contributed by atoms with Gasteiger partial charge >= 0.3 is 17.7 Å². The molecule has 5 heteroatoms. The third-order valence-corrected chi connectivity index (χ3v) is 1.78. The monoisotopic (exact) mass is 171 g/mol. The Labute approximate surface area is 69.0 Å². The summed E-state index contributed by atoms with van der Waals surface area (Å²) in [5.74, 6) is -3.90. The fourth-order valence-electron chi connectivity index (χ4n) is 1.16. The number of carbonyl (C=O) groups excluding carboxylic acids is 2. The summed E-state index contributed by atoms with van der Waals surface area (Å²) in [7, 11) is 0. The maximum absolute atomic E-state index is 11.0. The number of Topliss-reactive ketones (excluding diaryl/α,β-unsaturated/α-hetero) is 1. The molecule has 0 saturated carbocycles. The van der Waals surface area contributed by atoms with E-state index < -0.39 is 17.7 Å². The van der Waals surface area contributed by atoms with Crippen molar-refractivity contribution in [3.05, 3.63) is 0 Å². The van der Waals surface area contributed by atoms with Crippen molar-refractivity contribution in [3.63, 3.8) is 0 Å². The number of hydrogen-bond acceptors (Lipinski definition) is 3. The largest absolute Gasteiger partial charge is 0.475 e. The second kappa shape index (κ2) is 3.34. The van der Waals surface area contributed by atoms with Crippen molar-refractivity contribution in [1.29, 1.82) is 0 Å². The number of carbonyl (C=O) groups is 3.